The average molecular weight is 431 g/mol. The molecule has 1 aromatic heterocycles. The summed E-state index contributed by atoms with van der Waals surface area (Å²) in [5.74, 6) is -3.38. The number of halogens is 3. The molecule has 2 atom stereocenters. The molecule has 1 fully saturated rings. The lowest BCUT2D eigenvalue weighted by Crippen LogP contribution is -2.51. The van der Waals surface area contributed by atoms with E-state index in [1.807, 2.05) is 17.2 Å². The molecule has 0 amide bonds. The summed E-state index contributed by atoms with van der Waals surface area (Å²) in [6.07, 6.45) is 13.4. The van der Waals surface area contributed by atoms with Gasteiger partial charge in [-0.1, -0.05) is 20.8 Å². The molecule has 1 N–H and O–H groups in total. The standard InChI is InChI=1S/C24H29F3N4/c1-22(2,3)21-29-12-5-15-31(21)19-16-28-14-9-18(19)24(20(25)6-4-13-30-24)17-7-10-23(26,27)11-8-17/h4-6,9,12-17,21,30H,7-8,10-11H2,1-3H3. The van der Waals surface area contributed by atoms with Crippen LogP contribution in [0.3, 0.4) is 0 Å². The molecule has 166 valence electrons. The minimum atomic E-state index is -2.69. The maximum atomic E-state index is 15.7. The van der Waals surface area contributed by atoms with E-state index >= 15 is 4.39 Å². The molecule has 0 saturated heterocycles. The van der Waals surface area contributed by atoms with Gasteiger partial charge in [0.15, 0.2) is 0 Å². The number of aromatic nitrogens is 1. The lowest BCUT2D eigenvalue weighted by Gasteiger charge is -2.47. The number of nitrogens with one attached hydrogen (secondary N) is 1. The normalized spacial score (nSPS) is 28.4. The SMILES string of the molecule is CC(C)(C)C1N=CC=CN1c1cnccc1C1(C2CCC(F)(F)CC2)NC=CC=C1F. The van der Waals surface area contributed by atoms with E-state index in [2.05, 4.69) is 36.1 Å². The molecule has 2 aliphatic heterocycles. The number of hydrogen-bond acceptors (Lipinski definition) is 4. The Morgan fingerprint density at radius 3 is 2.58 bits per heavy atom. The van der Waals surface area contributed by atoms with Crippen molar-refractivity contribution in [1.29, 1.82) is 0 Å². The quantitative estimate of drug-likeness (QED) is 0.654. The highest BCUT2D eigenvalue weighted by Gasteiger charge is 2.50. The van der Waals surface area contributed by atoms with Gasteiger partial charge in [-0.3, -0.25) is 9.98 Å². The van der Waals surface area contributed by atoms with E-state index in [0.29, 0.717) is 5.56 Å². The van der Waals surface area contributed by atoms with E-state index in [4.69, 9.17) is 0 Å². The van der Waals surface area contributed by atoms with Crippen molar-refractivity contribution in [3.8, 4) is 0 Å². The highest BCUT2D eigenvalue weighted by molar-refractivity contribution is 5.75. The maximum absolute atomic E-state index is 15.7. The number of alkyl halides is 2. The first kappa shape index (κ1) is 21.7. The lowest BCUT2D eigenvalue weighted by molar-refractivity contribution is -0.0560. The first-order valence-corrected chi connectivity index (χ1v) is 10.8. The fraction of sp³-hybridized carbons (Fsp3) is 0.500. The zero-order chi connectivity index (χ0) is 22.3. The summed E-state index contributed by atoms with van der Waals surface area (Å²) in [7, 11) is 0. The molecule has 0 spiro atoms. The fourth-order valence-corrected chi connectivity index (χ4v) is 4.92. The molecule has 4 nitrogen and oxygen atoms in total. The maximum Gasteiger partial charge on any atom is 0.248 e. The van der Waals surface area contributed by atoms with Crippen LogP contribution < -0.4 is 10.2 Å². The second kappa shape index (κ2) is 7.84. The van der Waals surface area contributed by atoms with Gasteiger partial charge in [-0.25, -0.2) is 13.2 Å². The van der Waals surface area contributed by atoms with E-state index in [0.717, 1.165) is 5.69 Å². The van der Waals surface area contributed by atoms with Crippen LogP contribution in [0.1, 0.15) is 52.0 Å². The van der Waals surface area contributed by atoms with Crippen LogP contribution in [0.15, 0.2) is 59.9 Å². The summed E-state index contributed by atoms with van der Waals surface area (Å²) in [5, 5.41) is 3.24. The van der Waals surface area contributed by atoms with Crippen molar-refractivity contribution in [2.24, 2.45) is 16.3 Å². The van der Waals surface area contributed by atoms with Crippen LogP contribution in [-0.2, 0) is 5.54 Å². The van der Waals surface area contributed by atoms with E-state index in [1.165, 1.54) is 6.08 Å². The van der Waals surface area contributed by atoms with Crippen LogP contribution >= 0.6 is 0 Å². The Hall–Kier alpha value is -2.57. The van der Waals surface area contributed by atoms with Crippen LogP contribution in [0.5, 0.6) is 0 Å². The number of hydrogen-bond donors (Lipinski definition) is 1. The number of anilines is 1. The van der Waals surface area contributed by atoms with E-state index < -0.39 is 11.5 Å². The number of nitrogens with zero attached hydrogens (tertiary/aromatic N) is 3. The monoisotopic (exact) mass is 430 g/mol. The van der Waals surface area contributed by atoms with E-state index in [1.54, 1.807) is 37.0 Å². The van der Waals surface area contributed by atoms with Crippen molar-refractivity contribution < 1.29 is 13.2 Å². The topological polar surface area (TPSA) is 40.5 Å². The van der Waals surface area contributed by atoms with Crippen molar-refractivity contribution in [1.82, 2.24) is 10.3 Å². The molecule has 3 heterocycles. The summed E-state index contributed by atoms with van der Waals surface area (Å²) in [4.78, 5) is 11.0. The van der Waals surface area contributed by atoms with Gasteiger partial charge in [0.2, 0.25) is 5.92 Å². The Labute approximate surface area is 181 Å². The zero-order valence-electron chi connectivity index (χ0n) is 18.2. The van der Waals surface area contributed by atoms with E-state index in [9.17, 15) is 8.78 Å². The predicted octanol–water partition coefficient (Wildman–Crippen LogP) is 5.85. The predicted molar refractivity (Wildman–Crippen MR) is 118 cm³/mol. The first-order valence-electron chi connectivity index (χ1n) is 10.8. The summed E-state index contributed by atoms with van der Waals surface area (Å²) in [6, 6.07) is 1.80. The van der Waals surface area contributed by atoms with Gasteiger partial charge in [0, 0.05) is 42.4 Å². The number of dihydropyridines is 1. The third kappa shape index (κ3) is 3.90. The molecule has 0 radical (unpaired) electrons. The first-order chi connectivity index (χ1) is 14.7. The average Bonchev–Trinajstić information content (AvgIpc) is 2.74. The number of rotatable bonds is 3. The summed E-state index contributed by atoms with van der Waals surface area (Å²) in [6.45, 7) is 6.29. The Morgan fingerprint density at radius 1 is 1.16 bits per heavy atom. The summed E-state index contributed by atoms with van der Waals surface area (Å²) >= 11 is 0. The van der Waals surface area contributed by atoms with Crippen LogP contribution in [0, 0.1) is 11.3 Å². The molecular weight excluding hydrogens is 401 g/mol. The van der Waals surface area contributed by atoms with Gasteiger partial charge < -0.3 is 10.2 Å². The van der Waals surface area contributed by atoms with Gasteiger partial charge in [-0.2, -0.15) is 0 Å². The van der Waals surface area contributed by atoms with Gasteiger partial charge >= 0.3 is 0 Å². The second-order valence-corrected chi connectivity index (χ2v) is 9.64. The minimum Gasteiger partial charge on any atom is -0.375 e. The molecule has 7 heteroatoms. The smallest absolute Gasteiger partial charge is 0.248 e. The molecule has 1 saturated carbocycles. The number of aliphatic imine (C=N–C) groups is 1. The molecule has 3 aliphatic rings. The van der Waals surface area contributed by atoms with Gasteiger partial charge in [0.05, 0.1) is 11.9 Å². The number of pyridine rings is 1. The molecule has 4 rings (SSSR count). The van der Waals surface area contributed by atoms with Crippen LogP contribution in [0.2, 0.25) is 0 Å². The summed E-state index contributed by atoms with van der Waals surface area (Å²) < 4.78 is 43.6. The van der Waals surface area contributed by atoms with Crippen LogP contribution in [-0.4, -0.2) is 23.3 Å². The zero-order valence-corrected chi connectivity index (χ0v) is 18.2. The largest absolute Gasteiger partial charge is 0.375 e. The molecule has 0 bridgehead atoms. The lowest BCUT2D eigenvalue weighted by atomic mass is 9.68. The highest BCUT2D eigenvalue weighted by atomic mass is 19.3. The third-order valence-electron chi connectivity index (χ3n) is 6.46. The summed E-state index contributed by atoms with van der Waals surface area (Å²) in [5.41, 5.74) is -0.00467. The molecule has 1 aliphatic carbocycles. The van der Waals surface area contributed by atoms with Crippen molar-refractivity contribution in [2.75, 3.05) is 4.90 Å². The van der Waals surface area contributed by atoms with Crippen molar-refractivity contribution in [3.63, 3.8) is 0 Å². The van der Waals surface area contributed by atoms with Gasteiger partial charge in [0.25, 0.3) is 0 Å². The van der Waals surface area contributed by atoms with Gasteiger partial charge in [0.1, 0.15) is 17.5 Å². The van der Waals surface area contributed by atoms with E-state index in [-0.39, 0.29) is 49.0 Å². The second-order valence-electron chi connectivity index (χ2n) is 9.64. The fourth-order valence-electron chi connectivity index (χ4n) is 4.92. The Morgan fingerprint density at radius 2 is 1.90 bits per heavy atom. The van der Waals surface area contributed by atoms with Gasteiger partial charge in [-0.15, -0.1) is 0 Å². The Bertz CT molecular complexity index is 934. The molecular formula is C24H29F3N4. The van der Waals surface area contributed by atoms with Gasteiger partial charge in [-0.05, 0) is 49.3 Å². The van der Waals surface area contributed by atoms with Crippen LogP contribution in [0.4, 0.5) is 18.9 Å². The van der Waals surface area contributed by atoms with Crippen molar-refractivity contribution in [2.45, 2.75) is 64.1 Å². The minimum absolute atomic E-state index is 0.192. The van der Waals surface area contributed by atoms with Crippen LogP contribution in [0.25, 0.3) is 0 Å². The molecule has 31 heavy (non-hydrogen) atoms. The van der Waals surface area contributed by atoms with Crippen molar-refractivity contribution >= 4 is 11.9 Å². The number of allylic oxidation sites excluding steroid dienone is 3. The molecule has 2 unspecified atom stereocenters. The molecule has 1 aromatic rings. The Kier molecular flexibility index (Phi) is 5.48. The molecule has 0 aromatic carbocycles. The Balaban J connectivity index is 1.83. The van der Waals surface area contributed by atoms with Crippen molar-refractivity contribution in [3.05, 3.63) is 60.5 Å². The third-order valence-corrected chi connectivity index (χ3v) is 6.46. The highest BCUT2D eigenvalue weighted by Crippen LogP contribution is 2.51.